The van der Waals surface area contributed by atoms with E-state index in [9.17, 15) is 14.4 Å². The van der Waals surface area contributed by atoms with E-state index in [0.717, 1.165) is 16.9 Å². The number of hydrazone groups is 1. The monoisotopic (exact) mass is 505 g/mol. The number of amides is 2. The first-order valence-electron chi connectivity index (χ1n) is 10.1. The normalized spacial score (nSPS) is 10.7. The number of benzene rings is 3. The number of nitrogens with one attached hydrogen (secondary N) is 2. The number of halogens is 1. The SMILES string of the molecule is O=C(N/N=C/c1ccccc1OC(=O)c1ccc(Cl)cc1)C(=O)Nc1nnc(-c2ccccc2)s1. The first kappa shape index (κ1) is 23.7. The summed E-state index contributed by atoms with van der Waals surface area (Å²) < 4.78 is 5.42. The van der Waals surface area contributed by atoms with Crippen LogP contribution in [0.25, 0.3) is 10.6 Å². The fourth-order valence-electron chi connectivity index (χ4n) is 2.76. The maximum atomic E-state index is 12.4. The molecule has 1 heterocycles. The molecular formula is C24H16ClN5O4S. The summed E-state index contributed by atoms with van der Waals surface area (Å²) in [6.07, 6.45) is 1.26. The van der Waals surface area contributed by atoms with E-state index in [1.165, 1.54) is 6.21 Å². The number of anilines is 1. The van der Waals surface area contributed by atoms with Crippen LogP contribution < -0.4 is 15.5 Å². The van der Waals surface area contributed by atoms with E-state index in [1.807, 2.05) is 30.3 Å². The molecule has 174 valence electrons. The second kappa shape index (κ2) is 11.1. The van der Waals surface area contributed by atoms with Crippen molar-refractivity contribution in [1.29, 1.82) is 0 Å². The van der Waals surface area contributed by atoms with Crippen molar-refractivity contribution in [2.24, 2.45) is 5.10 Å². The zero-order chi connectivity index (χ0) is 24.6. The maximum Gasteiger partial charge on any atom is 0.343 e. The van der Waals surface area contributed by atoms with Crippen LogP contribution in [0.2, 0.25) is 5.02 Å². The van der Waals surface area contributed by atoms with Gasteiger partial charge in [0.25, 0.3) is 0 Å². The standard InChI is InChI=1S/C24H16ClN5O4S/c25-18-12-10-16(11-13-18)23(33)34-19-9-5-4-8-17(19)14-26-28-21(32)20(31)27-24-30-29-22(35-24)15-6-2-1-3-7-15/h1-14H,(H,28,32)(H,27,30,31)/b26-14+. The number of aromatic nitrogens is 2. The van der Waals surface area contributed by atoms with Crippen molar-refractivity contribution >= 4 is 52.1 Å². The molecule has 4 rings (SSSR count). The van der Waals surface area contributed by atoms with Gasteiger partial charge in [-0.3, -0.25) is 14.9 Å². The van der Waals surface area contributed by atoms with Crippen LogP contribution in [0.15, 0.2) is 84.0 Å². The van der Waals surface area contributed by atoms with Gasteiger partial charge in [-0.15, -0.1) is 10.2 Å². The van der Waals surface area contributed by atoms with Crippen molar-refractivity contribution in [3.63, 3.8) is 0 Å². The molecule has 11 heteroatoms. The van der Waals surface area contributed by atoms with Gasteiger partial charge >= 0.3 is 17.8 Å². The highest BCUT2D eigenvalue weighted by Gasteiger charge is 2.16. The van der Waals surface area contributed by atoms with Crippen LogP contribution in [-0.4, -0.2) is 34.2 Å². The summed E-state index contributed by atoms with van der Waals surface area (Å²) in [7, 11) is 0. The highest BCUT2D eigenvalue weighted by atomic mass is 35.5. The molecule has 0 fully saturated rings. The van der Waals surface area contributed by atoms with E-state index in [1.54, 1.807) is 48.5 Å². The molecule has 2 N–H and O–H groups in total. The van der Waals surface area contributed by atoms with Crippen molar-refractivity contribution < 1.29 is 19.1 Å². The lowest BCUT2D eigenvalue weighted by Gasteiger charge is -2.07. The number of carbonyl (C=O) groups is 3. The summed E-state index contributed by atoms with van der Waals surface area (Å²) in [6.45, 7) is 0. The first-order chi connectivity index (χ1) is 17.0. The molecule has 0 aliphatic heterocycles. The molecule has 0 aliphatic rings. The predicted molar refractivity (Wildman–Crippen MR) is 133 cm³/mol. The van der Waals surface area contributed by atoms with E-state index >= 15 is 0 Å². The molecule has 0 radical (unpaired) electrons. The van der Waals surface area contributed by atoms with Gasteiger partial charge in [0.05, 0.1) is 11.8 Å². The first-order valence-corrected chi connectivity index (χ1v) is 11.3. The van der Waals surface area contributed by atoms with Crippen LogP contribution in [0, 0.1) is 0 Å². The Labute approximate surface area is 208 Å². The third-order valence-corrected chi connectivity index (χ3v) is 5.58. The van der Waals surface area contributed by atoms with Crippen molar-refractivity contribution in [2.45, 2.75) is 0 Å². The van der Waals surface area contributed by atoms with Gasteiger partial charge in [-0.2, -0.15) is 5.10 Å². The van der Waals surface area contributed by atoms with Gasteiger partial charge in [-0.25, -0.2) is 10.2 Å². The van der Waals surface area contributed by atoms with Gasteiger partial charge in [-0.1, -0.05) is 65.4 Å². The van der Waals surface area contributed by atoms with Gasteiger partial charge in [-0.05, 0) is 36.4 Å². The van der Waals surface area contributed by atoms with E-state index < -0.39 is 17.8 Å². The zero-order valence-electron chi connectivity index (χ0n) is 17.8. The Kier molecular flexibility index (Phi) is 7.56. The number of hydrogen-bond donors (Lipinski definition) is 2. The highest BCUT2D eigenvalue weighted by molar-refractivity contribution is 7.18. The summed E-state index contributed by atoms with van der Waals surface area (Å²) in [5, 5.41) is 15.3. The molecular weight excluding hydrogens is 490 g/mol. The zero-order valence-corrected chi connectivity index (χ0v) is 19.4. The average molecular weight is 506 g/mol. The van der Waals surface area contributed by atoms with E-state index in [4.69, 9.17) is 16.3 Å². The summed E-state index contributed by atoms with van der Waals surface area (Å²) >= 11 is 6.97. The highest BCUT2D eigenvalue weighted by Crippen LogP contribution is 2.25. The Morgan fingerprint density at radius 3 is 2.37 bits per heavy atom. The number of hydrogen-bond acceptors (Lipinski definition) is 8. The van der Waals surface area contributed by atoms with E-state index in [2.05, 4.69) is 26.0 Å². The lowest BCUT2D eigenvalue weighted by Crippen LogP contribution is -2.32. The second-order valence-corrected chi connectivity index (χ2v) is 8.28. The third-order valence-electron chi connectivity index (χ3n) is 4.44. The topological polar surface area (TPSA) is 123 Å². The summed E-state index contributed by atoms with van der Waals surface area (Å²) in [5.74, 6) is -2.33. The van der Waals surface area contributed by atoms with Crippen LogP contribution in [0.1, 0.15) is 15.9 Å². The van der Waals surface area contributed by atoms with Crippen molar-refractivity contribution in [1.82, 2.24) is 15.6 Å². The van der Waals surface area contributed by atoms with Crippen LogP contribution >= 0.6 is 22.9 Å². The summed E-state index contributed by atoms with van der Waals surface area (Å²) in [4.78, 5) is 36.6. The number of esters is 1. The minimum atomic E-state index is -1.01. The Morgan fingerprint density at radius 1 is 0.886 bits per heavy atom. The van der Waals surface area contributed by atoms with Gasteiger partial charge in [0, 0.05) is 16.1 Å². The molecule has 0 saturated carbocycles. The van der Waals surface area contributed by atoms with Crippen LogP contribution in [-0.2, 0) is 9.59 Å². The molecule has 0 aliphatic carbocycles. The van der Waals surface area contributed by atoms with Crippen LogP contribution in [0.4, 0.5) is 5.13 Å². The van der Waals surface area contributed by atoms with Crippen LogP contribution in [0.5, 0.6) is 5.75 Å². The molecule has 0 atom stereocenters. The lowest BCUT2D eigenvalue weighted by atomic mass is 10.2. The van der Waals surface area contributed by atoms with Gasteiger partial charge in [0.1, 0.15) is 10.8 Å². The lowest BCUT2D eigenvalue weighted by molar-refractivity contribution is -0.136. The molecule has 4 aromatic rings. The largest absolute Gasteiger partial charge is 0.422 e. The maximum absolute atomic E-state index is 12.4. The summed E-state index contributed by atoms with van der Waals surface area (Å²) in [5.41, 5.74) is 3.70. The van der Waals surface area contributed by atoms with Crippen molar-refractivity contribution in [2.75, 3.05) is 5.32 Å². The van der Waals surface area contributed by atoms with Crippen molar-refractivity contribution in [3.8, 4) is 16.3 Å². The molecule has 0 saturated heterocycles. The number of ether oxygens (including phenoxy) is 1. The average Bonchev–Trinajstić information content (AvgIpc) is 3.34. The van der Waals surface area contributed by atoms with Crippen LogP contribution in [0.3, 0.4) is 0 Å². The predicted octanol–water partition coefficient (Wildman–Crippen LogP) is 4.17. The molecule has 35 heavy (non-hydrogen) atoms. The minimum Gasteiger partial charge on any atom is -0.422 e. The Hall–Kier alpha value is -4.41. The number of rotatable bonds is 6. The van der Waals surface area contributed by atoms with E-state index in [-0.39, 0.29) is 10.9 Å². The quantitative estimate of drug-likeness (QED) is 0.133. The second-order valence-electron chi connectivity index (χ2n) is 6.87. The number of para-hydroxylation sites is 1. The molecule has 0 bridgehead atoms. The molecule has 3 aromatic carbocycles. The Morgan fingerprint density at radius 2 is 1.60 bits per heavy atom. The Balaban J connectivity index is 1.35. The van der Waals surface area contributed by atoms with Gasteiger partial charge in [0.2, 0.25) is 5.13 Å². The third kappa shape index (κ3) is 6.34. The Bertz CT molecular complexity index is 1390. The summed E-state index contributed by atoms with van der Waals surface area (Å²) in [6, 6.07) is 22.1. The molecule has 2 amide bonds. The fourth-order valence-corrected chi connectivity index (χ4v) is 3.63. The molecule has 1 aromatic heterocycles. The van der Waals surface area contributed by atoms with Gasteiger partial charge < -0.3 is 4.74 Å². The minimum absolute atomic E-state index is 0.174. The number of carbonyl (C=O) groups excluding carboxylic acids is 3. The molecule has 0 unspecified atom stereocenters. The smallest absolute Gasteiger partial charge is 0.343 e. The molecule has 9 nitrogen and oxygen atoms in total. The number of nitrogens with zero attached hydrogens (tertiary/aromatic N) is 3. The van der Waals surface area contributed by atoms with Gasteiger partial charge in [0.15, 0.2) is 0 Å². The molecule has 0 spiro atoms. The van der Waals surface area contributed by atoms with E-state index in [0.29, 0.717) is 21.2 Å². The van der Waals surface area contributed by atoms with Crippen molar-refractivity contribution in [3.05, 3.63) is 95.0 Å². The fraction of sp³-hybridized carbons (Fsp3) is 0.